The zero-order chi connectivity index (χ0) is 10.6. The molecule has 0 saturated heterocycles. The van der Waals surface area contributed by atoms with Gasteiger partial charge in [0.05, 0.1) is 5.69 Å². The van der Waals surface area contributed by atoms with Crippen molar-refractivity contribution in [2.45, 2.75) is 33.4 Å². The zero-order valence-electron chi connectivity index (χ0n) is 9.26. The van der Waals surface area contributed by atoms with E-state index in [0.717, 1.165) is 23.8 Å². The zero-order valence-corrected chi connectivity index (χ0v) is 10.1. The van der Waals surface area contributed by atoms with Gasteiger partial charge in [0, 0.05) is 18.5 Å². The van der Waals surface area contributed by atoms with Crippen molar-refractivity contribution in [3.05, 3.63) is 15.6 Å². The lowest BCUT2D eigenvalue weighted by Gasteiger charge is -2.03. The third-order valence-corrected chi connectivity index (χ3v) is 3.46. The van der Waals surface area contributed by atoms with Crippen LogP contribution in [0.5, 0.6) is 0 Å². The molecule has 0 aliphatic heterocycles. The van der Waals surface area contributed by atoms with E-state index in [1.807, 2.05) is 6.92 Å². The fourth-order valence-electron chi connectivity index (χ4n) is 1.13. The summed E-state index contributed by atoms with van der Waals surface area (Å²) in [6.07, 6.45) is 0.106. The van der Waals surface area contributed by atoms with Gasteiger partial charge in [0.25, 0.3) is 0 Å². The molecule has 0 fully saturated rings. The first-order valence-corrected chi connectivity index (χ1v) is 5.70. The lowest BCUT2D eigenvalue weighted by atomic mass is 10.4. The normalized spacial score (nSPS) is 13.1. The molecule has 1 unspecified atom stereocenters. The van der Waals surface area contributed by atoms with Gasteiger partial charge in [0.2, 0.25) is 0 Å². The number of methoxy groups -OCH3 is 1. The Morgan fingerprint density at radius 3 is 2.86 bits per heavy atom. The van der Waals surface area contributed by atoms with E-state index in [-0.39, 0.29) is 6.10 Å². The van der Waals surface area contributed by atoms with E-state index in [1.165, 1.54) is 4.88 Å². The van der Waals surface area contributed by atoms with Crippen LogP contribution < -0.4 is 5.32 Å². The lowest BCUT2D eigenvalue weighted by molar-refractivity contribution is 0.119. The third kappa shape index (κ3) is 2.77. The molecule has 1 N–H and O–H groups in total. The van der Waals surface area contributed by atoms with Gasteiger partial charge < -0.3 is 10.1 Å². The lowest BCUT2D eigenvalue weighted by Crippen LogP contribution is -2.11. The van der Waals surface area contributed by atoms with Crippen LogP contribution in [-0.2, 0) is 11.3 Å². The number of hydrogen-bond donors (Lipinski definition) is 1. The first-order chi connectivity index (χ1) is 6.69. The van der Waals surface area contributed by atoms with Gasteiger partial charge in [-0.3, -0.25) is 0 Å². The molecule has 0 bridgehead atoms. The molecule has 3 nitrogen and oxygen atoms in total. The fourth-order valence-corrected chi connectivity index (χ4v) is 2.19. The Morgan fingerprint density at radius 2 is 2.29 bits per heavy atom. The Labute approximate surface area is 89.5 Å². The summed E-state index contributed by atoms with van der Waals surface area (Å²) >= 11 is 1.73. The summed E-state index contributed by atoms with van der Waals surface area (Å²) in [6, 6.07) is 0. The highest BCUT2D eigenvalue weighted by Gasteiger charge is 2.12. The molecule has 1 aromatic rings. The molecule has 4 heteroatoms. The van der Waals surface area contributed by atoms with Gasteiger partial charge in [0.15, 0.2) is 0 Å². The molecule has 0 spiro atoms. The summed E-state index contributed by atoms with van der Waals surface area (Å²) in [6.45, 7) is 8.09. The second-order valence-electron chi connectivity index (χ2n) is 3.22. The van der Waals surface area contributed by atoms with Crippen LogP contribution in [0.25, 0.3) is 0 Å². The highest BCUT2D eigenvalue weighted by atomic mass is 32.1. The number of nitrogens with zero attached hydrogens (tertiary/aromatic N) is 1. The summed E-state index contributed by atoms with van der Waals surface area (Å²) in [5.74, 6) is 0. The minimum atomic E-state index is 0.106. The number of hydrogen-bond acceptors (Lipinski definition) is 4. The summed E-state index contributed by atoms with van der Waals surface area (Å²) in [5, 5.41) is 4.37. The van der Waals surface area contributed by atoms with Crippen LogP contribution in [0.1, 0.15) is 35.5 Å². The van der Waals surface area contributed by atoms with Crippen molar-refractivity contribution < 1.29 is 4.74 Å². The van der Waals surface area contributed by atoms with Crippen molar-refractivity contribution in [1.29, 1.82) is 0 Å². The van der Waals surface area contributed by atoms with Crippen LogP contribution >= 0.6 is 11.3 Å². The van der Waals surface area contributed by atoms with Crippen LogP contribution in [0, 0.1) is 6.92 Å². The Hall–Kier alpha value is -0.450. The van der Waals surface area contributed by atoms with E-state index in [4.69, 9.17) is 4.74 Å². The van der Waals surface area contributed by atoms with Crippen LogP contribution in [0.2, 0.25) is 0 Å². The van der Waals surface area contributed by atoms with E-state index in [0.29, 0.717) is 0 Å². The summed E-state index contributed by atoms with van der Waals surface area (Å²) in [7, 11) is 1.71. The van der Waals surface area contributed by atoms with Gasteiger partial charge >= 0.3 is 0 Å². The van der Waals surface area contributed by atoms with Crippen LogP contribution in [-0.4, -0.2) is 18.6 Å². The quantitative estimate of drug-likeness (QED) is 0.816. The van der Waals surface area contributed by atoms with Crippen LogP contribution in [0.4, 0.5) is 0 Å². The van der Waals surface area contributed by atoms with Crippen molar-refractivity contribution in [3.63, 3.8) is 0 Å². The maximum absolute atomic E-state index is 5.24. The molecule has 1 aromatic heterocycles. The molecular formula is C10H18N2OS. The molecule has 0 aliphatic carbocycles. The topological polar surface area (TPSA) is 34.1 Å². The summed E-state index contributed by atoms with van der Waals surface area (Å²) in [4.78, 5) is 5.80. The van der Waals surface area contributed by atoms with E-state index in [2.05, 4.69) is 24.1 Å². The Morgan fingerprint density at radius 1 is 1.57 bits per heavy atom. The molecule has 0 radical (unpaired) electrons. The van der Waals surface area contributed by atoms with Crippen molar-refractivity contribution in [2.24, 2.45) is 0 Å². The maximum Gasteiger partial charge on any atom is 0.122 e. The smallest absolute Gasteiger partial charge is 0.122 e. The van der Waals surface area contributed by atoms with Crippen molar-refractivity contribution in [3.8, 4) is 0 Å². The Balaban J connectivity index is 2.71. The number of nitrogens with one attached hydrogen (secondary N) is 1. The third-order valence-electron chi connectivity index (χ3n) is 2.15. The Kier molecular flexibility index (Phi) is 4.51. The number of rotatable bonds is 5. The van der Waals surface area contributed by atoms with Crippen molar-refractivity contribution in [2.75, 3.05) is 13.7 Å². The van der Waals surface area contributed by atoms with E-state index in [1.54, 1.807) is 18.4 Å². The first-order valence-electron chi connectivity index (χ1n) is 4.88. The molecule has 14 heavy (non-hydrogen) atoms. The van der Waals surface area contributed by atoms with Gasteiger partial charge in [-0.05, 0) is 20.4 Å². The monoisotopic (exact) mass is 214 g/mol. The van der Waals surface area contributed by atoms with Gasteiger partial charge in [-0.25, -0.2) is 4.98 Å². The highest BCUT2D eigenvalue weighted by Crippen LogP contribution is 2.24. The molecular weight excluding hydrogens is 196 g/mol. The summed E-state index contributed by atoms with van der Waals surface area (Å²) in [5.41, 5.74) is 1.12. The second kappa shape index (κ2) is 5.44. The SMILES string of the molecule is CCNCc1sc(C(C)OC)nc1C. The van der Waals surface area contributed by atoms with Crippen molar-refractivity contribution >= 4 is 11.3 Å². The number of aryl methyl sites for hydroxylation is 1. The molecule has 0 aromatic carbocycles. The summed E-state index contributed by atoms with van der Waals surface area (Å²) < 4.78 is 5.24. The Bertz CT molecular complexity index is 286. The predicted molar refractivity (Wildman–Crippen MR) is 59.7 cm³/mol. The standard InChI is InChI=1S/C10H18N2OS/c1-5-11-6-9-7(2)12-10(14-9)8(3)13-4/h8,11H,5-6H2,1-4H3. The minimum Gasteiger partial charge on any atom is -0.375 e. The predicted octanol–water partition coefficient (Wildman–Crippen LogP) is 2.27. The first kappa shape index (κ1) is 11.6. The second-order valence-corrected chi connectivity index (χ2v) is 4.33. The van der Waals surface area contributed by atoms with Crippen LogP contribution in [0.15, 0.2) is 0 Å². The van der Waals surface area contributed by atoms with Gasteiger partial charge in [-0.2, -0.15) is 0 Å². The largest absolute Gasteiger partial charge is 0.375 e. The van der Waals surface area contributed by atoms with Crippen molar-refractivity contribution in [1.82, 2.24) is 10.3 Å². The molecule has 80 valence electrons. The van der Waals surface area contributed by atoms with E-state index < -0.39 is 0 Å². The molecule has 1 rings (SSSR count). The van der Waals surface area contributed by atoms with Gasteiger partial charge in [-0.15, -0.1) is 11.3 Å². The molecule has 0 saturated carbocycles. The molecule has 0 aliphatic rings. The molecule has 1 heterocycles. The van der Waals surface area contributed by atoms with E-state index >= 15 is 0 Å². The van der Waals surface area contributed by atoms with Gasteiger partial charge in [-0.1, -0.05) is 6.92 Å². The molecule has 1 atom stereocenters. The number of ether oxygens (including phenoxy) is 1. The number of thiazole rings is 1. The minimum absolute atomic E-state index is 0.106. The molecule has 0 amide bonds. The van der Waals surface area contributed by atoms with Gasteiger partial charge in [0.1, 0.15) is 11.1 Å². The average molecular weight is 214 g/mol. The van der Waals surface area contributed by atoms with Crippen LogP contribution in [0.3, 0.4) is 0 Å². The maximum atomic E-state index is 5.24. The van der Waals surface area contributed by atoms with E-state index in [9.17, 15) is 0 Å². The fraction of sp³-hybridized carbons (Fsp3) is 0.700. The highest BCUT2D eigenvalue weighted by molar-refractivity contribution is 7.11. The average Bonchev–Trinajstić information content (AvgIpc) is 2.56. The number of aromatic nitrogens is 1.